The molecule has 0 aromatic carbocycles. The average Bonchev–Trinajstić information content (AvgIpc) is 2.02. The zero-order valence-electron chi connectivity index (χ0n) is 9.79. The average molecular weight is 201 g/mol. The molecule has 0 heterocycles. The van der Waals surface area contributed by atoms with Gasteiger partial charge in [-0.2, -0.15) is 0 Å². The first-order valence-electron chi connectivity index (χ1n) is 5.43. The standard InChI is InChI=1S/C11H23NO2/c1-5-6-10(4)7-12(9(2)3)8-11(13)14/h9-10H,5-8H2,1-4H3,(H,13,14). The molecule has 1 N–H and O–H groups in total. The molecule has 0 fully saturated rings. The lowest BCUT2D eigenvalue weighted by molar-refractivity contribution is -0.138. The maximum absolute atomic E-state index is 10.6. The second kappa shape index (κ2) is 6.82. The van der Waals surface area contributed by atoms with Crippen LogP contribution >= 0.6 is 0 Å². The van der Waals surface area contributed by atoms with Crippen LogP contribution in [0.5, 0.6) is 0 Å². The molecule has 0 aliphatic rings. The van der Waals surface area contributed by atoms with E-state index in [1.54, 1.807) is 0 Å². The van der Waals surface area contributed by atoms with Gasteiger partial charge in [-0.1, -0.05) is 20.3 Å². The van der Waals surface area contributed by atoms with E-state index in [0.717, 1.165) is 6.54 Å². The Hall–Kier alpha value is -0.570. The summed E-state index contributed by atoms with van der Waals surface area (Å²) in [6.07, 6.45) is 2.34. The normalized spacial score (nSPS) is 13.6. The van der Waals surface area contributed by atoms with Gasteiger partial charge < -0.3 is 5.11 Å². The van der Waals surface area contributed by atoms with E-state index in [1.807, 2.05) is 18.7 Å². The lowest BCUT2D eigenvalue weighted by Gasteiger charge is -2.27. The zero-order valence-corrected chi connectivity index (χ0v) is 9.79. The summed E-state index contributed by atoms with van der Waals surface area (Å²) in [4.78, 5) is 12.6. The largest absolute Gasteiger partial charge is 0.480 e. The number of carbonyl (C=O) groups is 1. The Labute approximate surface area is 87.1 Å². The van der Waals surface area contributed by atoms with Crippen molar-refractivity contribution in [3.05, 3.63) is 0 Å². The second-order valence-electron chi connectivity index (χ2n) is 4.31. The molecule has 0 amide bonds. The predicted octanol–water partition coefficient (Wildman–Crippen LogP) is 2.22. The number of hydrogen-bond acceptors (Lipinski definition) is 2. The van der Waals surface area contributed by atoms with Crippen molar-refractivity contribution in [3.63, 3.8) is 0 Å². The Morgan fingerprint density at radius 3 is 2.29 bits per heavy atom. The first-order chi connectivity index (χ1) is 6.47. The van der Waals surface area contributed by atoms with E-state index < -0.39 is 5.97 Å². The first kappa shape index (κ1) is 13.4. The molecule has 1 atom stereocenters. The van der Waals surface area contributed by atoms with Crippen LogP contribution in [0.1, 0.15) is 40.5 Å². The fourth-order valence-corrected chi connectivity index (χ4v) is 1.62. The van der Waals surface area contributed by atoms with Crippen molar-refractivity contribution in [3.8, 4) is 0 Å². The molecular formula is C11H23NO2. The Morgan fingerprint density at radius 1 is 1.36 bits per heavy atom. The molecule has 0 saturated heterocycles. The van der Waals surface area contributed by atoms with Crippen LogP contribution in [0.2, 0.25) is 0 Å². The fraction of sp³-hybridized carbons (Fsp3) is 0.909. The maximum Gasteiger partial charge on any atom is 0.317 e. The quantitative estimate of drug-likeness (QED) is 0.686. The summed E-state index contributed by atoms with van der Waals surface area (Å²) in [5.74, 6) is -0.149. The van der Waals surface area contributed by atoms with Crippen LogP contribution in [0.15, 0.2) is 0 Å². The maximum atomic E-state index is 10.6. The molecule has 14 heavy (non-hydrogen) atoms. The van der Waals surface area contributed by atoms with Crippen molar-refractivity contribution in [1.29, 1.82) is 0 Å². The number of carboxylic acid groups (broad SMARTS) is 1. The van der Waals surface area contributed by atoms with E-state index in [-0.39, 0.29) is 6.54 Å². The second-order valence-corrected chi connectivity index (χ2v) is 4.31. The Bertz CT molecular complexity index is 169. The summed E-state index contributed by atoms with van der Waals surface area (Å²) >= 11 is 0. The third kappa shape index (κ3) is 5.97. The Balaban J connectivity index is 4.02. The summed E-state index contributed by atoms with van der Waals surface area (Å²) < 4.78 is 0. The number of nitrogens with zero attached hydrogens (tertiary/aromatic N) is 1. The highest BCUT2D eigenvalue weighted by atomic mass is 16.4. The van der Waals surface area contributed by atoms with Gasteiger partial charge in [-0.25, -0.2) is 0 Å². The molecule has 3 heteroatoms. The number of aliphatic carboxylic acids is 1. The van der Waals surface area contributed by atoms with Crippen molar-refractivity contribution in [2.75, 3.05) is 13.1 Å². The molecule has 0 aromatic rings. The highest BCUT2D eigenvalue weighted by molar-refractivity contribution is 5.69. The molecule has 0 rings (SSSR count). The molecule has 84 valence electrons. The molecule has 0 bridgehead atoms. The van der Waals surface area contributed by atoms with Gasteiger partial charge in [0.15, 0.2) is 0 Å². The third-order valence-electron chi connectivity index (χ3n) is 2.40. The molecule has 0 radical (unpaired) electrons. The lowest BCUT2D eigenvalue weighted by Crippen LogP contribution is -2.38. The van der Waals surface area contributed by atoms with Gasteiger partial charge in [-0.15, -0.1) is 0 Å². The predicted molar refractivity (Wildman–Crippen MR) is 58.4 cm³/mol. The summed E-state index contributed by atoms with van der Waals surface area (Å²) in [6, 6.07) is 0.311. The van der Waals surface area contributed by atoms with Crippen molar-refractivity contribution in [1.82, 2.24) is 4.90 Å². The SMILES string of the molecule is CCCC(C)CN(CC(=O)O)C(C)C. The Kier molecular flexibility index (Phi) is 6.54. The summed E-state index contributed by atoms with van der Waals surface area (Å²) in [5, 5.41) is 8.73. The van der Waals surface area contributed by atoms with E-state index in [2.05, 4.69) is 13.8 Å². The van der Waals surface area contributed by atoms with Crippen LogP contribution in [0.25, 0.3) is 0 Å². The third-order valence-corrected chi connectivity index (χ3v) is 2.40. The van der Waals surface area contributed by atoms with Gasteiger partial charge in [0.05, 0.1) is 6.54 Å². The van der Waals surface area contributed by atoms with Gasteiger partial charge in [0.1, 0.15) is 0 Å². The molecule has 0 spiro atoms. The summed E-state index contributed by atoms with van der Waals surface area (Å²) in [6.45, 7) is 9.47. The topological polar surface area (TPSA) is 40.5 Å². The van der Waals surface area contributed by atoms with E-state index in [9.17, 15) is 4.79 Å². The van der Waals surface area contributed by atoms with E-state index in [4.69, 9.17) is 5.11 Å². The minimum absolute atomic E-state index is 0.158. The minimum Gasteiger partial charge on any atom is -0.480 e. The van der Waals surface area contributed by atoms with Crippen molar-refractivity contribution in [2.24, 2.45) is 5.92 Å². The highest BCUT2D eigenvalue weighted by Crippen LogP contribution is 2.09. The van der Waals surface area contributed by atoms with Gasteiger partial charge in [-0.05, 0) is 26.2 Å². The Morgan fingerprint density at radius 2 is 1.93 bits per heavy atom. The van der Waals surface area contributed by atoms with Crippen LogP contribution in [0, 0.1) is 5.92 Å². The van der Waals surface area contributed by atoms with Crippen LogP contribution in [0.3, 0.4) is 0 Å². The number of rotatable bonds is 7. The highest BCUT2D eigenvalue weighted by Gasteiger charge is 2.15. The van der Waals surface area contributed by atoms with E-state index in [0.29, 0.717) is 12.0 Å². The van der Waals surface area contributed by atoms with Gasteiger partial charge in [-0.3, -0.25) is 9.69 Å². The lowest BCUT2D eigenvalue weighted by atomic mass is 10.1. The fourth-order valence-electron chi connectivity index (χ4n) is 1.62. The molecule has 0 saturated carbocycles. The first-order valence-corrected chi connectivity index (χ1v) is 5.43. The van der Waals surface area contributed by atoms with Crippen molar-refractivity contribution < 1.29 is 9.90 Å². The van der Waals surface area contributed by atoms with Crippen LogP contribution < -0.4 is 0 Å². The molecule has 0 aromatic heterocycles. The zero-order chi connectivity index (χ0) is 11.1. The van der Waals surface area contributed by atoms with Crippen molar-refractivity contribution in [2.45, 2.75) is 46.6 Å². The molecule has 0 aliphatic heterocycles. The number of carboxylic acids is 1. The smallest absolute Gasteiger partial charge is 0.317 e. The van der Waals surface area contributed by atoms with Crippen molar-refractivity contribution >= 4 is 5.97 Å². The number of hydrogen-bond donors (Lipinski definition) is 1. The van der Waals surface area contributed by atoms with Gasteiger partial charge in [0, 0.05) is 12.6 Å². The van der Waals surface area contributed by atoms with Gasteiger partial charge >= 0.3 is 5.97 Å². The van der Waals surface area contributed by atoms with Gasteiger partial charge in [0.25, 0.3) is 0 Å². The monoisotopic (exact) mass is 201 g/mol. The summed E-state index contributed by atoms with van der Waals surface area (Å²) in [7, 11) is 0. The molecule has 0 aliphatic carbocycles. The molecular weight excluding hydrogens is 178 g/mol. The molecule has 1 unspecified atom stereocenters. The summed E-state index contributed by atoms with van der Waals surface area (Å²) in [5.41, 5.74) is 0. The minimum atomic E-state index is -0.734. The van der Waals surface area contributed by atoms with Crippen LogP contribution in [0.4, 0.5) is 0 Å². The van der Waals surface area contributed by atoms with E-state index >= 15 is 0 Å². The van der Waals surface area contributed by atoms with Gasteiger partial charge in [0.2, 0.25) is 0 Å². The van der Waals surface area contributed by atoms with Crippen LogP contribution in [-0.2, 0) is 4.79 Å². The van der Waals surface area contributed by atoms with Crippen LogP contribution in [-0.4, -0.2) is 35.1 Å². The molecule has 3 nitrogen and oxygen atoms in total. The van der Waals surface area contributed by atoms with E-state index in [1.165, 1.54) is 12.8 Å².